The van der Waals surface area contributed by atoms with Crippen LogP contribution in [0.3, 0.4) is 0 Å². The number of amides is 4. The molecule has 0 aromatic heterocycles. The van der Waals surface area contributed by atoms with Crippen LogP contribution in [0.5, 0.6) is 11.5 Å². The molecular weight excluding hydrogens is 566 g/mol. The number of carbonyl (C=O) groups excluding carboxylic acids is 3. The highest BCUT2D eigenvalue weighted by atomic mass is 127. The molecule has 9 heteroatoms. The molecule has 0 aliphatic carbocycles. The van der Waals surface area contributed by atoms with Gasteiger partial charge in [0.05, 0.1) is 15.9 Å². The van der Waals surface area contributed by atoms with Crippen molar-refractivity contribution in [2.45, 2.75) is 13.5 Å². The second-order valence-electron chi connectivity index (χ2n) is 7.47. The summed E-state index contributed by atoms with van der Waals surface area (Å²) in [6, 6.07) is 16.9. The van der Waals surface area contributed by atoms with Crippen molar-refractivity contribution in [2.75, 3.05) is 11.5 Å². The Kier molecular flexibility index (Phi) is 7.45. The van der Waals surface area contributed by atoms with Crippen LogP contribution in [0.1, 0.15) is 18.1 Å². The standard InChI is InChI=1S/C26H20FIN2O5/c1-2-34-22-14-17(13-21(28)23(22)35-15-16-8-10-18(27)11-9-16)12-20-24(31)29-26(33)30(25(20)32)19-6-4-3-5-7-19/h3-14H,2,15H2,1H3,(H,29,31,33)/b20-12+. The number of benzene rings is 3. The number of barbiturate groups is 1. The summed E-state index contributed by atoms with van der Waals surface area (Å²) >= 11 is 2.08. The van der Waals surface area contributed by atoms with Crippen LogP contribution >= 0.6 is 22.6 Å². The van der Waals surface area contributed by atoms with E-state index < -0.39 is 17.8 Å². The SMILES string of the molecule is CCOc1cc(/C=C2\C(=O)NC(=O)N(c3ccccc3)C2=O)cc(I)c1OCc1ccc(F)cc1. The Morgan fingerprint density at radius 1 is 1.00 bits per heavy atom. The van der Waals surface area contributed by atoms with E-state index in [1.807, 2.05) is 6.92 Å². The van der Waals surface area contributed by atoms with E-state index in [1.165, 1.54) is 18.2 Å². The van der Waals surface area contributed by atoms with Crippen molar-refractivity contribution in [1.29, 1.82) is 0 Å². The molecule has 1 aliphatic heterocycles. The van der Waals surface area contributed by atoms with Crippen LogP contribution in [0, 0.1) is 9.39 Å². The maximum Gasteiger partial charge on any atom is 0.335 e. The molecule has 1 aliphatic rings. The fraction of sp³-hybridized carbons (Fsp3) is 0.115. The molecule has 3 aromatic carbocycles. The van der Waals surface area contributed by atoms with Crippen molar-refractivity contribution in [1.82, 2.24) is 5.32 Å². The molecule has 4 rings (SSSR count). The number of carbonyl (C=O) groups is 3. The van der Waals surface area contributed by atoms with Crippen molar-refractivity contribution >= 4 is 52.2 Å². The summed E-state index contributed by atoms with van der Waals surface area (Å²) in [5.74, 6) is -0.927. The van der Waals surface area contributed by atoms with Gasteiger partial charge < -0.3 is 9.47 Å². The number of para-hydroxylation sites is 1. The number of hydrogen-bond donors (Lipinski definition) is 1. The first kappa shape index (κ1) is 24.4. The Balaban J connectivity index is 1.65. The molecule has 0 unspecified atom stereocenters. The van der Waals surface area contributed by atoms with E-state index in [4.69, 9.17) is 9.47 Å². The lowest BCUT2D eigenvalue weighted by Gasteiger charge is -2.26. The average molecular weight is 586 g/mol. The number of rotatable bonds is 7. The van der Waals surface area contributed by atoms with Crippen molar-refractivity contribution in [3.63, 3.8) is 0 Å². The van der Waals surface area contributed by atoms with Gasteiger partial charge in [0, 0.05) is 0 Å². The zero-order valence-corrected chi connectivity index (χ0v) is 20.7. The molecule has 0 radical (unpaired) electrons. The first-order valence-corrected chi connectivity index (χ1v) is 11.8. The maximum atomic E-state index is 13.2. The number of nitrogens with one attached hydrogen (secondary N) is 1. The maximum absolute atomic E-state index is 13.2. The Labute approximate surface area is 214 Å². The summed E-state index contributed by atoms with van der Waals surface area (Å²) in [7, 11) is 0. The van der Waals surface area contributed by atoms with Gasteiger partial charge in [0.2, 0.25) is 0 Å². The van der Waals surface area contributed by atoms with Gasteiger partial charge in [0.15, 0.2) is 11.5 Å². The highest BCUT2D eigenvalue weighted by Gasteiger charge is 2.36. The summed E-state index contributed by atoms with van der Waals surface area (Å²) in [6.45, 7) is 2.38. The molecule has 35 heavy (non-hydrogen) atoms. The van der Waals surface area contributed by atoms with Gasteiger partial charge in [-0.3, -0.25) is 14.9 Å². The monoisotopic (exact) mass is 586 g/mol. The highest BCUT2D eigenvalue weighted by molar-refractivity contribution is 14.1. The van der Waals surface area contributed by atoms with Gasteiger partial charge in [-0.2, -0.15) is 0 Å². The molecule has 1 N–H and O–H groups in total. The summed E-state index contributed by atoms with van der Waals surface area (Å²) in [5, 5.41) is 2.21. The zero-order chi connectivity index (χ0) is 24.9. The number of halogens is 2. The second-order valence-corrected chi connectivity index (χ2v) is 8.63. The van der Waals surface area contributed by atoms with Crippen LogP contribution in [0.2, 0.25) is 0 Å². The van der Waals surface area contributed by atoms with E-state index >= 15 is 0 Å². The number of nitrogens with zero attached hydrogens (tertiary/aromatic N) is 1. The minimum absolute atomic E-state index is 0.188. The minimum Gasteiger partial charge on any atom is -0.490 e. The van der Waals surface area contributed by atoms with E-state index in [1.54, 1.807) is 54.6 Å². The van der Waals surface area contributed by atoms with Gasteiger partial charge in [-0.25, -0.2) is 14.1 Å². The lowest BCUT2D eigenvalue weighted by atomic mass is 10.1. The molecule has 1 fully saturated rings. The average Bonchev–Trinajstić information content (AvgIpc) is 2.83. The number of ether oxygens (including phenoxy) is 2. The Hall–Kier alpha value is -3.73. The van der Waals surface area contributed by atoms with Crippen molar-refractivity contribution in [2.24, 2.45) is 0 Å². The lowest BCUT2D eigenvalue weighted by Crippen LogP contribution is -2.54. The quantitative estimate of drug-likeness (QED) is 0.238. The second kappa shape index (κ2) is 10.7. The van der Waals surface area contributed by atoms with Crippen LogP contribution in [-0.4, -0.2) is 24.5 Å². The van der Waals surface area contributed by atoms with Gasteiger partial charge >= 0.3 is 6.03 Å². The van der Waals surface area contributed by atoms with Gasteiger partial charge in [-0.05, 0) is 83.1 Å². The van der Waals surface area contributed by atoms with Crippen LogP contribution < -0.4 is 19.7 Å². The highest BCUT2D eigenvalue weighted by Crippen LogP contribution is 2.36. The smallest absolute Gasteiger partial charge is 0.335 e. The lowest BCUT2D eigenvalue weighted by molar-refractivity contribution is -0.122. The molecule has 1 saturated heterocycles. The number of hydrogen-bond acceptors (Lipinski definition) is 5. The van der Waals surface area contributed by atoms with Crippen LogP contribution in [0.4, 0.5) is 14.9 Å². The Bertz CT molecular complexity index is 1310. The molecule has 0 saturated carbocycles. The molecular formula is C26H20FIN2O5. The molecule has 3 aromatic rings. The predicted octanol–water partition coefficient (Wildman–Crippen LogP) is 5.07. The van der Waals surface area contributed by atoms with Crippen molar-refractivity contribution in [3.05, 3.63) is 92.8 Å². The van der Waals surface area contributed by atoms with Gasteiger partial charge in [-0.1, -0.05) is 30.3 Å². The van der Waals surface area contributed by atoms with Gasteiger partial charge in [-0.15, -0.1) is 0 Å². The number of urea groups is 1. The fourth-order valence-electron chi connectivity index (χ4n) is 3.45. The Morgan fingerprint density at radius 2 is 1.71 bits per heavy atom. The number of anilines is 1. The largest absolute Gasteiger partial charge is 0.490 e. The predicted molar refractivity (Wildman–Crippen MR) is 137 cm³/mol. The van der Waals surface area contributed by atoms with E-state index in [0.29, 0.717) is 32.9 Å². The first-order valence-electron chi connectivity index (χ1n) is 10.7. The van der Waals surface area contributed by atoms with Crippen LogP contribution in [0.15, 0.2) is 72.3 Å². The molecule has 0 bridgehead atoms. The fourth-order valence-corrected chi connectivity index (χ4v) is 4.23. The van der Waals surface area contributed by atoms with Gasteiger partial charge in [0.25, 0.3) is 11.8 Å². The molecule has 0 atom stereocenters. The summed E-state index contributed by atoms with van der Waals surface area (Å²) in [4.78, 5) is 38.9. The van der Waals surface area contributed by atoms with Crippen molar-refractivity contribution < 1.29 is 28.2 Å². The third-order valence-electron chi connectivity index (χ3n) is 5.06. The van der Waals surface area contributed by atoms with Crippen LogP contribution in [0.25, 0.3) is 6.08 Å². The molecule has 0 spiro atoms. The van der Waals surface area contributed by atoms with E-state index in [-0.39, 0.29) is 18.0 Å². The van der Waals surface area contributed by atoms with Gasteiger partial charge in [0.1, 0.15) is 18.0 Å². The van der Waals surface area contributed by atoms with Crippen molar-refractivity contribution in [3.8, 4) is 11.5 Å². The third-order valence-corrected chi connectivity index (χ3v) is 5.86. The molecule has 178 valence electrons. The first-order chi connectivity index (χ1) is 16.9. The minimum atomic E-state index is -0.808. The normalized spacial score (nSPS) is 14.8. The summed E-state index contributed by atoms with van der Waals surface area (Å²) in [5.41, 5.74) is 1.47. The third kappa shape index (κ3) is 5.51. The molecule has 1 heterocycles. The topological polar surface area (TPSA) is 84.9 Å². The Morgan fingerprint density at radius 3 is 2.40 bits per heavy atom. The van der Waals surface area contributed by atoms with E-state index in [9.17, 15) is 18.8 Å². The summed E-state index contributed by atoms with van der Waals surface area (Å²) < 4.78 is 25.5. The van der Waals surface area contributed by atoms with E-state index in [2.05, 4.69) is 27.9 Å². The molecule has 7 nitrogen and oxygen atoms in total. The zero-order valence-electron chi connectivity index (χ0n) is 18.6. The van der Waals surface area contributed by atoms with E-state index in [0.717, 1.165) is 10.5 Å². The number of imide groups is 2. The van der Waals surface area contributed by atoms with Crippen LogP contribution in [-0.2, 0) is 16.2 Å². The molecule has 4 amide bonds. The summed E-state index contributed by atoms with van der Waals surface area (Å²) in [6.07, 6.45) is 1.41.